The largest absolute Gasteiger partial charge is 0.491 e. The van der Waals surface area contributed by atoms with Gasteiger partial charge in [-0.25, -0.2) is 19.7 Å². The van der Waals surface area contributed by atoms with E-state index < -0.39 is 29.8 Å². The fraction of sp³-hybridized carbons (Fsp3) is 0.388. The maximum Gasteiger partial charge on any atom is 0.407 e. The lowest BCUT2D eigenvalue weighted by molar-refractivity contribution is -0.142. The molecule has 4 aromatic heterocycles. The third-order valence-electron chi connectivity index (χ3n) is 10.8. The van der Waals surface area contributed by atoms with Gasteiger partial charge in [0.1, 0.15) is 34.1 Å². The van der Waals surface area contributed by atoms with Gasteiger partial charge in [0.05, 0.1) is 49.6 Å². The monoisotopic (exact) mass is 991 g/mol. The molecule has 0 aliphatic rings. The molecule has 0 aliphatic heterocycles. The van der Waals surface area contributed by atoms with E-state index in [-0.39, 0.29) is 81.7 Å². The number of hydrogen-bond donors (Lipinski definition) is 5. The lowest BCUT2D eigenvalue weighted by Crippen LogP contribution is -2.27. The molecule has 0 atom stereocenters. The van der Waals surface area contributed by atoms with E-state index in [2.05, 4.69) is 20.7 Å². The standard InChI is InChI=1S/C49H61N13O10/c1-7-53-36(22-29(4)50)47(66)58-48-56-35-25-32(44(52)65)27-39(71-19-12-18-68-6)42(35)61(48)17-11-10-16-60-41-33(34-28-55-45(57-46(34)60)37-23-30(5)59-62(37)8-2)24-31(43(51)64)26-38(41)70-20-13-21-72-49(67)54-15-14-40(63)69-9-3/h10-11,22-28H,7-9,12-21,50H2,1-6H3,(H2,51,64)(H2,52,65)(H,54,67)(H,56,58,66)/b11-10+,29-22?,53-36?. The zero-order valence-electron chi connectivity index (χ0n) is 41.3. The fourth-order valence-corrected chi connectivity index (χ4v) is 7.68. The van der Waals surface area contributed by atoms with Crippen LogP contribution in [0.15, 0.2) is 65.4 Å². The molecule has 23 nitrogen and oxygen atoms in total. The number of aromatic nitrogens is 7. The van der Waals surface area contributed by atoms with Crippen LogP contribution in [0.1, 0.15) is 73.4 Å². The number of nitrogens with zero attached hydrogens (tertiary/aromatic N) is 8. The Morgan fingerprint density at radius 3 is 2.14 bits per heavy atom. The number of alkyl carbamates (subject to hydrolysis) is 1. The van der Waals surface area contributed by atoms with E-state index in [0.717, 1.165) is 5.69 Å². The van der Waals surface area contributed by atoms with Crippen LogP contribution < -0.4 is 37.3 Å². The summed E-state index contributed by atoms with van der Waals surface area (Å²) in [5.74, 6) is -1.24. The number of ether oxygens (including phenoxy) is 5. The van der Waals surface area contributed by atoms with Crippen LogP contribution in [0, 0.1) is 6.92 Å². The first-order chi connectivity index (χ1) is 34.7. The minimum atomic E-state index is -0.702. The number of benzene rings is 2. The van der Waals surface area contributed by atoms with Crippen molar-refractivity contribution in [3.63, 3.8) is 0 Å². The Labute approximate surface area is 414 Å². The number of carbonyl (C=O) groups is 5. The Hall–Kier alpha value is -8.34. The van der Waals surface area contributed by atoms with Crippen molar-refractivity contribution in [2.24, 2.45) is 22.2 Å². The van der Waals surface area contributed by atoms with Crippen molar-refractivity contribution in [1.29, 1.82) is 0 Å². The summed E-state index contributed by atoms with van der Waals surface area (Å²) in [6.45, 7) is 11.2. The van der Waals surface area contributed by atoms with Crippen molar-refractivity contribution < 1.29 is 47.7 Å². The minimum Gasteiger partial charge on any atom is -0.491 e. The predicted octanol–water partition coefficient (Wildman–Crippen LogP) is 4.71. The summed E-state index contributed by atoms with van der Waals surface area (Å²) in [5.41, 5.74) is 21.7. The first-order valence-corrected chi connectivity index (χ1v) is 23.4. The van der Waals surface area contributed by atoms with Crippen molar-refractivity contribution in [2.45, 2.75) is 73.5 Å². The molecule has 4 amide bonds. The molecule has 0 radical (unpaired) electrons. The van der Waals surface area contributed by atoms with E-state index in [4.69, 9.17) is 55.8 Å². The number of primary amides is 2. The molecular formula is C49H61N13O10. The molecule has 0 aliphatic carbocycles. The fourth-order valence-electron chi connectivity index (χ4n) is 7.68. The zero-order valence-corrected chi connectivity index (χ0v) is 41.3. The second-order valence-electron chi connectivity index (χ2n) is 16.2. The highest BCUT2D eigenvalue weighted by molar-refractivity contribution is 6.47. The van der Waals surface area contributed by atoms with Crippen LogP contribution in [0.25, 0.3) is 44.5 Å². The maximum absolute atomic E-state index is 13.8. The zero-order chi connectivity index (χ0) is 51.9. The number of carbonyl (C=O) groups excluding carboxylic acids is 5. The number of nitrogens with two attached hydrogens (primary N) is 3. The summed E-state index contributed by atoms with van der Waals surface area (Å²) in [5, 5.41) is 11.2. The van der Waals surface area contributed by atoms with Gasteiger partial charge in [-0.2, -0.15) is 5.10 Å². The van der Waals surface area contributed by atoms with Gasteiger partial charge in [0.2, 0.25) is 17.8 Å². The number of nitrogens with one attached hydrogen (secondary N) is 2. The number of aryl methyl sites for hydroxylation is 2. The number of anilines is 1. The second-order valence-corrected chi connectivity index (χ2v) is 16.2. The Bertz CT molecular complexity index is 3050. The summed E-state index contributed by atoms with van der Waals surface area (Å²) in [6.07, 6.45) is 7.01. The van der Waals surface area contributed by atoms with Crippen LogP contribution in [-0.2, 0) is 43.4 Å². The number of imidazole rings is 1. The van der Waals surface area contributed by atoms with E-state index in [1.165, 1.54) is 18.2 Å². The maximum atomic E-state index is 13.8. The molecule has 0 fully saturated rings. The van der Waals surface area contributed by atoms with Gasteiger partial charge in [0.15, 0.2) is 5.82 Å². The third kappa shape index (κ3) is 13.1. The van der Waals surface area contributed by atoms with Crippen molar-refractivity contribution in [3.8, 4) is 23.0 Å². The first kappa shape index (κ1) is 53.0. The number of aliphatic imine (C=N–C) groups is 1. The first-order valence-electron chi connectivity index (χ1n) is 23.4. The number of esters is 1. The highest BCUT2D eigenvalue weighted by Gasteiger charge is 2.23. The van der Waals surface area contributed by atoms with Gasteiger partial charge in [0, 0.05) is 93.1 Å². The molecule has 0 saturated heterocycles. The summed E-state index contributed by atoms with van der Waals surface area (Å²) in [4.78, 5) is 81.9. The molecule has 0 unspecified atom stereocenters. The van der Waals surface area contributed by atoms with Crippen LogP contribution in [0.4, 0.5) is 10.7 Å². The van der Waals surface area contributed by atoms with Crippen LogP contribution in [0.2, 0.25) is 0 Å². The van der Waals surface area contributed by atoms with Gasteiger partial charge in [-0.05, 0) is 71.0 Å². The average molecular weight is 992 g/mol. The number of fused-ring (bicyclic) bond motifs is 4. The highest BCUT2D eigenvalue weighted by atomic mass is 16.6. The number of hydrogen-bond acceptors (Lipinski definition) is 16. The Balaban J connectivity index is 1.40. The SMILES string of the molecule is CCN=C(C=C(C)N)C(=O)Nc1nc2cc(C(N)=O)cc(OCCCOC)c2n1C/C=C/Cn1c2nc(-c3cc(C)nn3CC)ncc2c2cc(C(N)=O)cc(OCCCOC(=O)NCCC(=O)OCC)c21. The molecule has 4 heterocycles. The number of methoxy groups -OCH3 is 1. The van der Waals surface area contributed by atoms with E-state index in [0.29, 0.717) is 87.8 Å². The normalized spacial score (nSPS) is 12.0. The van der Waals surface area contributed by atoms with Crippen LogP contribution >= 0.6 is 0 Å². The Morgan fingerprint density at radius 2 is 1.49 bits per heavy atom. The topological polar surface area (TPSA) is 312 Å². The average Bonchev–Trinajstić information content (AvgIpc) is 4.01. The predicted molar refractivity (Wildman–Crippen MR) is 270 cm³/mol. The number of amides is 4. The molecule has 0 saturated carbocycles. The van der Waals surface area contributed by atoms with Gasteiger partial charge in [0.25, 0.3) is 5.91 Å². The second kappa shape index (κ2) is 25.0. The van der Waals surface area contributed by atoms with E-state index in [1.807, 2.05) is 41.3 Å². The van der Waals surface area contributed by atoms with Crippen LogP contribution in [0.5, 0.6) is 11.5 Å². The van der Waals surface area contributed by atoms with Crippen LogP contribution in [0.3, 0.4) is 0 Å². The molecule has 23 heteroatoms. The molecule has 6 aromatic rings. The Morgan fingerprint density at radius 1 is 0.806 bits per heavy atom. The van der Waals surface area contributed by atoms with Crippen molar-refractivity contribution in [1.82, 2.24) is 39.2 Å². The van der Waals surface area contributed by atoms with Gasteiger partial charge in [-0.15, -0.1) is 0 Å². The van der Waals surface area contributed by atoms with E-state index >= 15 is 0 Å². The van der Waals surface area contributed by atoms with Crippen molar-refractivity contribution >= 4 is 74.4 Å². The van der Waals surface area contributed by atoms with Crippen molar-refractivity contribution in [3.05, 3.63) is 77.3 Å². The molecule has 72 heavy (non-hydrogen) atoms. The van der Waals surface area contributed by atoms with Gasteiger partial charge in [-0.3, -0.25) is 34.2 Å². The smallest absolute Gasteiger partial charge is 0.407 e. The van der Waals surface area contributed by atoms with Gasteiger partial charge in [-0.1, -0.05) is 12.2 Å². The summed E-state index contributed by atoms with van der Waals surface area (Å²) in [6, 6.07) is 8.18. The van der Waals surface area contributed by atoms with Gasteiger partial charge < -0.3 is 55.3 Å². The lowest BCUT2D eigenvalue weighted by atomic mass is 10.1. The quantitative estimate of drug-likeness (QED) is 0.0213. The summed E-state index contributed by atoms with van der Waals surface area (Å²) in [7, 11) is 1.58. The van der Waals surface area contributed by atoms with E-state index in [9.17, 15) is 24.0 Å². The van der Waals surface area contributed by atoms with E-state index in [1.54, 1.807) is 50.8 Å². The molecule has 2 aromatic carbocycles. The number of allylic oxidation sites excluding steroid dienone is 3. The van der Waals surface area contributed by atoms with Crippen LogP contribution in [-0.4, -0.2) is 123 Å². The molecule has 8 N–H and O–H groups in total. The molecule has 382 valence electrons. The van der Waals surface area contributed by atoms with Crippen molar-refractivity contribution in [2.75, 3.05) is 58.6 Å². The lowest BCUT2D eigenvalue weighted by Gasteiger charge is -2.13. The molecule has 6 rings (SSSR count). The molecular weight excluding hydrogens is 931 g/mol. The highest BCUT2D eigenvalue weighted by Crippen LogP contribution is 2.37. The minimum absolute atomic E-state index is 0.00266. The number of rotatable bonds is 26. The summed E-state index contributed by atoms with van der Waals surface area (Å²) >= 11 is 0. The molecule has 0 bridgehead atoms. The Kier molecular flexibility index (Phi) is 18.4. The third-order valence-corrected chi connectivity index (χ3v) is 10.8. The summed E-state index contributed by atoms with van der Waals surface area (Å²) < 4.78 is 33.4. The molecule has 0 spiro atoms. The van der Waals surface area contributed by atoms with Gasteiger partial charge >= 0.3 is 12.1 Å².